The van der Waals surface area contributed by atoms with Crippen LogP contribution in [-0.2, 0) is 6.42 Å². The Morgan fingerprint density at radius 1 is 0.643 bits per heavy atom. The van der Waals surface area contributed by atoms with Gasteiger partial charge in [-0.2, -0.15) is 0 Å². The van der Waals surface area contributed by atoms with E-state index in [0.717, 1.165) is 0 Å². The molecule has 0 amide bonds. The van der Waals surface area contributed by atoms with Crippen LogP contribution in [0.5, 0.6) is 0 Å². The van der Waals surface area contributed by atoms with Gasteiger partial charge in [-0.1, -0.05) is 62.2 Å². The third-order valence-corrected chi connectivity index (χ3v) is 7.71. The molecular weight excluding hydrogens is 356 g/mol. The summed E-state index contributed by atoms with van der Waals surface area (Å²) in [7, 11) is 0. The van der Waals surface area contributed by atoms with Gasteiger partial charge in [0.1, 0.15) is 0 Å². The molecule has 0 radical (unpaired) electrons. The molecule has 2 aliphatic rings. The minimum Gasteiger partial charge on any atom is -0.145 e. The number of fused-ring (bicyclic) bond motifs is 6. The van der Waals surface area contributed by atoms with Crippen LogP contribution >= 0.6 is 11.3 Å². The van der Waals surface area contributed by atoms with E-state index >= 15 is 0 Å². The Bertz CT molecular complexity index is 1260. The van der Waals surface area contributed by atoms with Gasteiger partial charge < -0.3 is 0 Å². The number of unbranched alkanes of at least 4 members (excludes halogenated alkanes) is 2. The molecule has 0 saturated heterocycles. The van der Waals surface area contributed by atoms with Gasteiger partial charge in [0.05, 0.1) is 0 Å². The first-order valence-corrected chi connectivity index (χ1v) is 11.3. The maximum absolute atomic E-state index is 2.46. The van der Waals surface area contributed by atoms with Gasteiger partial charge >= 0.3 is 0 Å². The Balaban J connectivity index is 1.59. The van der Waals surface area contributed by atoms with E-state index in [2.05, 4.69) is 63.2 Å². The van der Waals surface area contributed by atoms with Crippen LogP contribution in [0.1, 0.15) is 41.5 Å². The Morgan fingerprint density at radius 2 is 1.21 bits per heavy atom. The second-order valence-electron chi connectivity index (χ2n) is 8.37. The van der Waals surface area contributed by atoms with Crippen molar-refractivity contribution in [3.05, 3.63) is 57.8 Å². The summed E-state index contributed by atoms with van der Waals surface area (Å²) in [6.07, 6.45) is 5.09. The molecule has 138 valence electrons. The van der Waals surface area contributed by atoms with E-state index in [0.29, 0.717) is 0 Å². The summed E-state index contributed by atoms with van der Waals surface area (Å²) in [6, 6.07) is 16.7. The predicted octanol–water partition coefficient (Wildman–Crippen LogP) is 8.55. The van der Waals surface area contributed by atoms with E-state index < -0.39 is 0 Å². The largest absolute Gasteiger partial charge is 0.145 e. The van der Waals surface area contributed by atoms with E-state index in [-0.39, 0.29) is 0 Å². The molecule has 0 aliphatic heterocycles. The molecule has 6 rings (SSSR count). The number of aryl methyl sites for hydroxylation is 3. The van der Waals surface area contributed by atoms with E-state index in [1.54, 1.807) is 0 Å². The summed E-state index contributed by atoms with van der Waals surface area (Å²) < 4.78 is 0. The van der Waals surface area contributed by atoms with Gasteiger partial charge in [0, 0.05) is 20.9 Å². The van der Waals surface area contributed by atoms with Crippen LogP contribution in [0.25, 0.3) is 55.3 Å². The van der Waals surface area contributed by atoms with Crippen molar-refractivity contribution in [3.63, 3.8) is 0 Å². The topological polar surface area (TPSA) is 0 Å². The van der Waals surface area contributed by atoms with Crippen molar-refractivity contribution in [3.8, 4) is 44.5 Å². The van der Waals surface area contributed by atoms with Gasteiger partial charge in [-0.15, -0.1) is 11.3 Å². The number of benzene rings is 3. The molecule has 0 N–H and O–H groups in total. The van der Waals surface area contributed by atoms with Crippen molar-refractivity contribution in [2.24, 2.45) is 0 Å². The summed E-state index contributed by atoms with van der Waals surface area (Å²) >= 11 is 1.94. The molecule has 2 aliphatic carbocycles. The predicted molar refractivity (Wildman–Crippen MR) is 123 cm³/mol. The highest BCUT2D eigenvalue weighted by Crippen LogP contribution is 2.58. The number of rotatable bonds is 4. The zero-order valence-electron chi connectivity index (χ0n) is 16.8. The summed E-state index contributed by atoms with van der Waals surface area (Å²) in [5.41, 5.74) is 13.1. The minimum absolute atomic E-state index is 1.19. The zero-order chi connectivity index (χ0) is 19.0. The first-order valence-electron chi connectivity index (χ1n) is 10.5. The molecule has 1 aromatic heterocycles. The highest BCUT2D eigenvalue weighted by Gasteiger charge is 2.31. The van der Waals surface area contributed by atoms with Crippen molar-refractivity contribution >= 4 is 22.1 Å². The van der Waals surface area contributed by atoms with Gasteiger partial charge in [-0.3, -0.25) is 0 Å². The standard InChI is InChI=1S/C27H24S/c1-4-5-6-7-17-8-9-18-19-10-12-21-24-15(2)28-16(3)25(24)22-13-11-20(23(18)14-17)26(19)27(21)22/h8-14H,4-7H2,1-3H3. The Morgan fingerprint density at radius 3 is 1.89 bits per heavy atom. The summed E-state index contributed by atoms with van der Waals surface area (Å²) in [5, 5.41) is 2.97. The molecule has 0 spiro atoms. The molecule has 0 nitrogen and oxygen atoms in total. The molecule has 0 fully saturated rings. The fourth-order valence-electron chi connectivity index (χ4n) is 5.48. The summed E-state index contributed by atoms with van der Waals surface area (Å²) in [4.78, 5) is 2.91. The van der Waals surface area contributed by atoms with Gasteiger partial charge in [0.15, 0.2) is 0 Å². The lowest BCUT2D eigenvalue weighted by Crippen LogP contribution is -1.87. The quantitative estimate of drug-likeness (QED) is 0.269. The van der Waals surface area contributed by atoms with Gasteiger partial charge in [0.25, 0.3) is 0 Å². The molecular formula is C27H24S. The van der Waals surface area contributed by atoms with Crippen LogP contribution in [0.15, 0.2) is 42.5 Å². The van der Waals surface area contributed by atoms with Crippen LogP contribution in [0.2, 0.25) is 0 Å². The average Bonchev–Trinajstić information content (AvgIpc) is 3.30. The first kappa shape index (κ1) is 16.6. The molecule has 1 heterocycles. The van der Waals surface area contributed by atoms with Crippen LogP contribution in [0.4, 0.5) is 0 Å². The highest BCUT2D eigenvalue weighted by molar-refractivity contribution is 7.13. The fourth-order valence-corrected chi connectivity index (χ4v) is 6.56. The van der Waals surface area contributed by atoms with Crippen LogP contribution in [0.3, 0.4) is 0 Å². The van der Waals surface area contributed by atoms with Crippen molar-refractivity contribution < 1.29 is 0 Å². The van der Waals surface area contributed by atoms with Crippen molar-refractivity contribution in [1.29, 1.82) is 0 Å². The van der Waals surface area contributed by atoms with Gasteiger partial charge in [0.2, 0.25) is 0 Å². The number of thiophene rings is 1. The second-order valence-corrected chi connectivity index (χ2v) is 9.80. The third-order valence-electron chi connectivity index (χ3n) is 6.69. The lowest BCUT2D eigenvalue weighted by Gasteiger charge is -2.07. The van der Waals surface area contributed by atoms with Crippen LogP contribution in [-0.4, -0.2) is 0 Å². The number of hydrogen-bond donors (Lipinski definition) is 0. The monoisotopic (exact) mass is 380 g/mol. The molecule has 0 bridgehead atoms. The molecule has 0 atom stereocenters. The first-order chi connectivity index (χ1) is 13.7. The van der Waals surface area contributed by atoms with E-state index in [4.69, 9.17) is 0 Å². The lowest BCUT2D eigenvalue weighted by atomic mass is 9.97. The average molecular weight is 381 g/mol. The van der Waals surface area contributed by atoms with E-state index in [9.17, 15) is 0 Å². The lowest BCUT2D eigenvalue weighted by molar-refractivity contribution is 0.717. The minimum atomic E-state index is 1.19. The second kappa shape index (κ2) is 5.81. The molecule has 3 aromatic carbocycles. The molecule has 4 aromatic rings. The Hall–Kier alpha value is -2.38. The Labute approximate surface area is 170 Å². The van der Waals surface area contributed by atoms with Crippen molar-refractivity contribution in [1.82, 2.24) is 0 Å². The normalized spacial score (nSPS) is 12.7. The van der Waals surface area contributed by atoms with E-state index in [1.165, 1.54) is 96.3 Å². The molecule has 0 unspecified atom stereocenters. The molecule has 0 saturated carbocycles. The van der Waals surface area contributed by atoms with Crippen LogP contribution < -0.4 is 0 Å². The summed E-state index contributed by atoms with van der Waals surface area (Å²) in [6.45, 7) is 6.83. The van der Waals surface area contributed by atoms with Crippen LogP contribution in [0, 0.1) is 13.8 Å². The van der Waals surface area contributed by atoms with Crippen molar-refractivity contribution in [2.45, 2.75) is 46.5 Å². The van der Waals surface area contributed by atoms with Gasteiger partial charge in [-0.25, -0.2) is 0 Å². The van der Waals surface area contributed by atoms with Gasteiger partial charge in [-0.05, 0) is 76.4 Å². The SMILES string of the molecule is CCCCCc1ccc2c(c1)-c1ccc3c4c(ccc-2c14)-c1c(C)sc(C)c1-3. The van der Waals surface area contributed by atoms with Crippen molar-refractivity contribution in [2.75, 3.05) is 0 Å². The maximum Gasteiger partial charge on any atom is 0.0102 e. The summed E-state index contributed by atoms with van der Waals surface area (Å²) in [5.74, 6) is 0. The molecule has 28 heavy (non-hydrogen) atoms. The zero-order valence-corrected chi connectivity index (χ0v) is 17.6. The maximum atomic E-state index is 2.46. The van der Waals surface area contributed by atoms with E-state index in [1.807, 2.05) is 11.3 Å². The third kappa shape index (κ3) is 2.01. The highest BCUT2D eigenvalue weighted by atomic mass is 32.1. The fraction of sp³-hybridized carbons (Fsp3) is 0.259. The molecule has 1 heteroatoms. The smallest absolute Gasteiger partial charge is 0.0102 e. The number of hydrogen-bond acceptors (Lipinski definition) is 1. The Kier molecular flexibility index (Phi) is 3.44.